The van der Waals surface area contributed by atoms with Crippen LogP contribution in [0.25, 0.3) is 0 Å². The summed E-state index contributed by atoms with van der Waals surface area (Å²) in [5.74, 6) is -1.22. The van der Waals surface area contributed by atoms with Crippen LogP contribution in [-0.4, -0.2) is 27.0 Å². The van der Waals surface area contributed by atoms with E-state index in [0.717, 1.165) is 6.26 Å². The van der Waals surface area contributed by atoms with Crippen molar-refractivity contribution in [3.8, 4) is 11.5 Å². The third-order valence-electron chi connectivity index (χ3n) is 1.25. The Kier molecular flexibility index (Phi) is 2.02. The van der Waals surface area contributed by atoms with Crippen LogP contribution < -0.4 is 0 Å². The van der Waals surface area contributed by atoms with E-state index in [-0.39, 0.29) is 5.76 Å². The summed E-state index contributed by atoms with van der Waals surface area (Å²) < 4.78 is 4.54. The third-order valence-corrected chi connectivity index (χ3v) is 1.25. The predicted molar refractivity (Wildman–Crippen MR) is 34.1 cm³/mol. The first-order chi connectivity index (χ1) is 5.16. The van der Waals surface area contributed by atoms with Gasteiger partial charge in [-0.25, -0.2) is 0 Å². The quantitative estimate of drug-likeness (QED) is 0.477. The first kappa shape index (κ1) is 7.90. The molecule has 62 valence electrons. The van der Waals surface area contributed by atoms with Crippen LogP contribution in [0.3, 0.4) is 0 Å². The fourth-order valence-corrected chi connectivity index (χ4v) is 0.676. The molecule has 1 aromatic rings. The van der Waals surface area contributed by atoms with E-state index in [4.69, 9.17) is 20.4 Å². The van der Waals surface area contributed by atoms with Gasteiger partial charge in [-0.05, 0) is 0 Å². The Morgan fingerprint density at radius 2 is 2.09 bits per heavy atom. The smallest absolute Gasteiger partial charge is 0.202 e. The molecule has 5 nitrogen and oxygen atoms in total. The maximum absolute atomic E-state index is 8.92. The molecular formula is C6H8O5. The molecule has 0 saturated carbocycles. The van der Waals surface area contributed by atoms with Gasteiger partial charge in [0, 0.05) is 0 Å². The van der Waals surface area contributed by atoms with Crippen LogP contribution in [0.4, 0.5) is 0 Å². The highest BCUT2D eigenvalue weighted by Gasteiger charge is 2.18. The normalized spacial score (nSPS) is 13.3. The van der Waals surface area contributed by atoms with E-state index in [2.05, 4.69) is 4.42 Å². The Morgan fingerprint density at radius 3 is 2.45 bits per heavy atom. The Morgan fingerprint density at radius 1 is 1.45 bits per heavy atom. The number of hydrogen-bond acceptors (Lipinski definition) is 5. The van der Waals surface area contributed by atoms with Crippen LogP contribution in [0.15, 0.2) is 10.7 Å². The second-order valence-electron chi connectivity index (χ2n) is 2.03. The second kappa shape index (κ2) is 2.81. The summed E-state index contributed by atoms with van der Waals surface area (Å²) in [6.45, 7) is -0.569. The molecule has 0 amide bonds. The Bertz CT molecular complexity index is 241. The first-order valence-electron chi connectivity index (χ1n) is 2.95. The van der Waals surface area contributed by atoms with Crippen LogP contribution in [0.2, 0.25) is 0 Å². The highest BCUT2D eigenvalue weighted by Crippen LogP contribution is 2.34. The molecule has 1 aromatic heterocycles. The van der Waals surface area contributed by atoms with Gasteiger partial charge in [-0.2, -0.15) is 0 Å². The van der Waals surface area contributed by atoms with Crippen molar-refractivity contribution in [2.75, 3.05) is 6.61 Å². The van der Waals surface area contributed by atoms with Gasteiger partial charge in [-0.1, -0.05) is 0 Å². The van der Waals surface area contributed by atoms with Crippen molar-refractivity contribution in [2.45, 2.75) is 6.10 Å². The van der Waals surface area contributed by atoms with Gasteiger partial charge in [-0.3, -0.25) is 0 Å². The van der Waals surface area contributed by atoms with Crippen molar-refractivity contribution in [3.05, 3.63) is 12.0 Å². The summed E-state index contributed by atoms with van der Waals surface area (Å²) in [6, 6.07) is 0. The van der Waals surface area contributed by atoms with Crippen molar-refractivity contribution < 1.29 is 24.8 Å². The van der Waals surface area contributed by atoms with Crippen molar-refractivity contribution in [3.63, 3.8) is 0 Å². The number of aromatic hydroxyl groups is 2. The summed E-state index contributed by atoms with van der Waals surface area (Å²) in [4.78, 5) is 0. The second-order valence-corrected chi connectivity index (χ2v) is 2.03. The zero-order valence-corrected chi connectivity index (χ0v) is 5.56. The molecule has 1 atom stereocenters. The Balaban J connectivity index is 2.94. The standard InChI is InChI=1S/C6H8O5/c7-1-3(8)6-5(10)4(9)2-11-6/h2-3,7-10H,1H2/t3-/m1/s1. The van der Waals surface area contributed by atoms with Gasteiger partial charge in [0.15, 0.2) is 11.5 Å². The molecule has 1 heterocycles. The fourth-order valence-electron chi connectivity index (χ4n) is 0.676. The number of aliphatic hydroxyl groups excluding tert-OH is 2. The van der Waals surface area contributed by atoms with Crippen LogP contribution >= 0.6 is 0 Å². The zero-order chi connectivity index (χ0) is 8.43. The van der Waals surface area contributed by atoms with Crippen molar-refractivity contribution >= 4 is 0 Å². The van der Waals surface area contributed by atoms with E-state index in [1.54, 1.807) is 0 Å². The van der Waals surface area contributed by atoms with E-state index < -0.39 is 24.2 Å². The molecule has 0 unspecified atom stereocenters. The van der Waals surface area contributed by atoms with Crippen molar-refractivity contribution in [1.29, 1.82) is 0 Å². The molecular weight excluding hydrogens is 152 g/mol. The largest absolute Gasteiger partial charge is 0.502 e. The lowest BCUT2D eigenvalue weighted by atomic mass is 10.3. The molecule has 1 rings (SSSR count). The lowest BCUT2D eigenvalue weighted by Gasteiger charge is -2.01. The van der Waals surface area contributed by atoms with Gasteiger partial charge in [0.05, 0.1) is 6.61 Å². The molecule has 0 fully saturated rings. The number of aliphatic hydroxyl groups is 2. The topological polar surface area (TPSA) is 94.1 Å². The first-order valence-corrected chi connectivity index (χ1v) is 2.95. The zero-order valence-electron chi connectivity index (χ0n) is 5.56. The van der Waals surface area contributed by atoms with Crippen LogP contribution in [0.5, 0.6) is 11.5 Å². The third kappa shape index (κ3) is 1.28. The molecule has 0 aromatic carbocycles. The summed E-state index contributed by atoms with van der Waals surface area (Å²) in [6.07, 6.45) is -0.417. The van der Waals surface area contributed by atoms with Gasteiger partial charge in [0.25, 0.3) is 0 Å². The molecule has 0 aliphatic heterocycles. The van der Waals surface area contributed by atoms with Crippen LogP contribution in [-0.2, 0) is 0 Å². The number of hydrogen-bond donors (Lipinski definition) is 4. The Hall–Kier alpha value is -1.20. The lowest BCUT2D eigenvalue weighted by Crippen LogP contribution is -2.00. The van der Waals surface area contributed by atoms with Gasteiger partial charge >= 0.3 is 0 Å². The number of rotatable bonds is 2. The maximum atomic E-state index is 8.92. The maximum Gasteiger partial charge on any atom is 0.202 e. The van der Waals surface area contributed by atoms with E-state index in [0.29, 0.717) is 0 Å². The Labute approximate surface area is 62.1 Å². The highest BCUT2D eigenvalue weighted by molar-refractivity contribution is 5.39. The van der Waals surface area contributed by atoms with Crippen LogP contribution in [0.1, 0.15) is 11.9 Å². The minimum Gasteiger partial charge on any atom is -0.502 e. The molecule has 0 aliphatic carbocycles. The molecule has 0 radical (unpaired) electrons. The van der Waals surface area contributed by atoms with E-state index in [1.807, 2.05) is 0 Å². The molecule has 11 heavy (non-hydrogen) atoms. The molecule has 0 spiro atoms. The van der Waals surface area contributed by atoms with Gasteiger partial charge in [0.1, 0.15) is 12.4 Å². The SMILES string of the molecule is OC[C@@H](O)c1occ(O)c1O. The average molecular weight is 160 g/mol. The minimum atomic E-state index is -1.30. The lowest BCUT2D eigenvalue weighted by molar-refractivity contribution is 0.0749. The molecule has 0 saturated heterocycles. The van der Waals surface area contributed by atoms with Gasteiger partial charge in [0.2, 0.25) is 5.75 Å². The monoisotopic (exact) mass is 160 g/mol. The summed E-state index contributed by atoms with van der Waals surface area (Å²) in [7, 11) is 0. The molecule has 5 heteroatoms. The minimum absolute atomic E-state index is 0.231. The van der Waals surface area contributed by atoms with E-state index in [9.17, 15) is 0 Å². The predicted octanol–water partition coefficient (Wildman–Crippen LogP) is -0.284. The molecule has 0 bridgehead atoms. The summed E-state index contributed by atoms with van der Waals surface area (Å²) in [5, 5.41) is 35.0. The van der Waals surface area contributed by atoms with Crippen molar-refractivity contribution in [1.82, 2.24) is 0 Å². The molecule has 0 aliphatic rings. The fraction of sp³-hybridized carbons (Fsp3) is 0.333. The summed E-state index contributed by atoms with van der Waals surface area (Å²) in [5.41, 5.74) is 0. The summed E-state index contributed by atoms with van der Waals surface area (Å²) >= 11 is 0. The van der Waals surface area contributed by atoms with Crippen molar-refractivity contribution in [2.24, 2.45) is 0 Å². The average Bonchev–Trinajstić information content (AvgIpc) is 2.32. The van der Waals surface area contributed by atoms with E-state index in [1.165, 1.54) is 0 Å². The van der Waals surface area contributed by atoms with Crippen LogP contribution in [0, 0.1) is 0 Å². The molecule has 4 N–H and O–H groups in total. The van der Waals surface area contributed by atoms with Gasteiger partial charge < -0.3 is 24.8 Å². The number of furan rings is 1. The van der Waals surface area contributed by atoms with E-state index >= 15 is 0 Å². The van der Waals surface area contributed by atoms with Gasteiger partial charge in [-0.15, -0.1) is 0 Å². The highest BCUT2D eigenvalue weighted by atomic mass is 16.4.